The minimum Gasteiger partial charge on any atom is -0.457 e. The van der Waals surface area contributed by atoms with Gasteiger partial charge in [-0.05, 0) is 38.1 Å². The summed E-state index contributed by atoms with van der Waals surface area (Å²) in [5, 5.41) is 0.844. The second-order valence-corrected chi connectivity index (χ2v) is 9.33. The number of fused-ring (bicyclic) bond motifs is 1. The Kier molecular flexibility index (Phi) is 5.70. The third kappa shape index (κ3) is 4.77. The minimum absolute atomic E-state index is 0.0151. The molecule has 3 rings (SSSR count). The first kappa shape index (κ1) is 21.3. The van der Waals surface area contributed by atoms with Crippen molar-refractivity contribution in [2.45, 2.75) is 30.3 Å². The van der Waals surface area contributed by atoms with Crippen LogP contribution in [-0.4, -0.2) is 43.2 Å². The SMILES string of the molecule is Cc1cc2c(-c3ccc(S(=O)(=O)N[C@H](C)COC(=O)C(F)(F)F)s3)ccnc2[nH]1. The fraction of sp³-hybridized carbons (Fsp3) is 0.294. The first-order valence-corrected chi connectivity index (χ1v) is 10.6. The van der Waals surface area contributed by atoms with Crippen LogP contribution in [0.3, 0.4) is 0 Å². The Hall–Kier alpha value is -2.44. The molecular weight excluding hydrogens is 431 g/mol. The molecule has 0 radical (unpaired) electrons. The van der Waals surface area contributed by atoms with Gasteiger partial charge in [0, 0.05) is 27.7 Å². The van der Waals surface area contributed by atoms with E-state index in [4.69, 9.17) is 0 Å². The topological polar surface area (TPSA) is 101 Å². The molecule has 0 bridgehead atoms. The van der Waals surface area contributed by atoms with E-state index in [1.54, 1.807) is 18.3 Å². The number of halogens is 3. The standard InChI is InChI=1S/C17H16F3N3O4S2/c1-9-7-12-11(5-6-21-15(12)22-9)13-3-4-14(28-13)29(25,26)23-10(2)8-27-16(24)17(18,19)20/h3-7,10,23H,8H2,1-2H3,(H,21,22)/t10-/m1/s1. The highest BCUT2D eigenvalue weighted by Gasteiger charge is 2.41. The van der Waals surface area contributed by atoms with Crippen LogP contribution in [0.2, 0.25) is 0 Å². The average Bonchev–Trinajstić information content (AvgIpc) is 3.24. The van der Waals surface area contributed by atoms with Crippen LogP contribution in [0, 0.1) is 6.92 Å². The van der Waals surface area contributed by atoms with E-state index in [0.717, 1.165) is 28.0 Å². The maximum atomic E-state index is 12.5. The molecule has 3 heterocycles. The van der Waals surface area contributed by atoms with Crippen molar-refractivity contribution in [1.82, 2.24) is 14.7 Å². The van der Waals surface area contributed by atoms with Crippen molar-refractivity contribution in [3.63, 3.8) is 0 Å². The quantitative estimate of drug-likeness (QED) is 0.565. The van der Waals surface area contributed by atoms with Gasteiger partial charge in [-0.25, -0.2) is 22.9 Å². The zero-order valence-corrected chi connectivity index (χ0v) is 16.8. The summed E-state index contributed by atoms with van der Waals surface area (Å²) < 4.78 is 67.8. The number of esters is 1. The maximum Gasteiger partial charge on any atom is 0.490 e. The van der Waals surface area contributed by atoms with Crippen molar-refractivity contribution in [3.05, 3.63) is 36.2 Å². The number of ether oxygens (including phenoxy) is 1. The predicted molar refractivity (Wildman–Crippen MR) is 101 cm³/mol. The Morgan fingerprint density at radius 3 is 2.76 bits per heavy atom. The van der Waals surface area contributed by atoms with Gasteiger partial charge in [-0.2, -0.15) is 13.2 Å². The Balaban J connectivity index is 1.76. The van der Waals surface area contributed by atoms with E-state index in [1.165, 1.54) is 13.0 Å². The number of thiophene rings is 1. The first-order chi connectivity index (χ1) is 13.5. The molecule has 0 aliphatic rings. The van der Waals surface area contributed by atoms with Crippen molar-refractivity contribution >= 4 is 38.4 Å². The molecule has 0 amide bonds. The van der Waals surface area contributed by atoms with E-state index in [0.29, 0.717) is 10.5 Å². The van der Waals surface area contributed by atoms with E-state index in [2.05, 4.69) is 19.4 Å². The molecule has 0 aliphatic carbocycles. The molecule has 1 atom stereocenters. The van der Waals surface area contributed by atoms with Crippen LogP contribution in [-0.2, 0) is 19.6 Å². The monoisotopic (exact) mass is 447 g/mol. The number of sulfonamides is 1. The molecule has 0 unspecified atom stereocenters. The second kappa shape index (κ2) is 7.76. The summed E-state index contributed by atoms with van der Waals surface area (Å²) in [4.78, 5) is 18.8. The van der Waals surface area contributed by atoms with Gasteiger partial charge < -0.3 is 9.72 Å². The summed E-state index contributed by atoms with van der Waals surface area (Å²) in [7, 11) is -4.01. The molecule has 0 saturated carbocycles. The molecule has 156 valence electrons. The van der Waals surface area contributed by atoms with E-state index in [1.807, 2.05) is 13.0 Å². The van der Waals surface area contributed by atoms with Crippen molar-refractivity contribution < 1.29 is 31.1 Å². The number of alkyl halides is 3. The summed E-state index contributed by atoms with van der Waals surface area (Å²) >= 11 is 1.01. The highest BCUT2D eigenvalue weighted by molar-refractivity contribution is 7.91. The number of nitrogens with one attached hydrogen (secondary N) is 2. The molecule has 7 nitrogen and oxygen atoms in total. The highest BCUT2D eigenvalue weighted by atomic mass is 32.2. The lowest BCUT2D eigenvalue weighted by atomic mass is 10.1. The average molecular weight is 447 g/mol. The molecule has 0 saturated heterocycles. The van der Waals surface area contributed by atoms with Crippen molar-refractivity contribution in [2.75, 3.05) is 6.61 Å². The van der Waals surface area contributed by atoms with E-state index < -0.39 is 34.8 Å². The molecule has 2 N–H and O–H groups in total. The molecule has 0 fully saturated rings. The number of hydrogen-bond donors (Lipinski definition) is 2. The van der Waals surface area contributed by atoms with Crippen LogP contribution < -0.4 is 4.72 Å². The predicted octanol–water partition coefficient (Wildman–Crippen LogP) is 3.37. The number of aryl methyl sites for hydroxylation is 1. The molecule has 3 aromatic heterocycles. The Bertz CT molecular complexity index is 1150. The fourth-order valence-electron chi connectivity index (χ4n) is 2.62. The third-order valence-corrected chi connectivity index (χ3v) is 7.03. The number of H-pyrrole nitrogens is 1. The van der Waals surface area contributed by atoms with Gasteiger partial charge in [-0.15, -0.1) is 11.3 Å². The number of pyridine rings is 1. The van der Waals surface area contributed by atoms with Crippen molar-refractivity contribution in [3.8, 4) is 10.4 Å². The van der Waals surface area contributed by atoms with Crippen molar-refractivity contribution in [1.29, 1.82) is 0 Å². The van der Waals surface area contributed by atoms with Crippen LogP contribution in [0.25, 0.3) is 21.5 Å². The van der Waals surface area contributed by atoms with Gasteiger partial charge >= 0.3 is 12.1 Å². The number of carbonyl (C=O) groups is 1. The molecule has 3 aromatic rings. The Morgan fingerprint density at radius 2 is 2.07 bits per heavy atom. The maximum absolute atomic E-state index is 12.5. The zero-order chi connectivity index (χ0) is 21.4. The summed E-state index contributed by atoms with van der Waals surface area (Å²) in [6, 6.07) is 5.68. The van der Waals surface area contributed by atoms with E-state index in [9.17, 15) is 26.4 Å². The van der Waals surface area contributed by atoms with Gasteiger partial charge in [-0.3, -0.25) is 0 Å². The third-order valence-electron chi connectivity index (χ3n) is 3.83. The first-order valence-electron chi connectivity index (χ1n) is 8.28. The number of hydrogen-bond acceptors (Lipinski definition) is 6. The highest BCUT2D eigenvalue weighted by Crippen LogP contribution is 2.35. The normalized spacial score (nSPS) is 13.6. The lowest BCUT2D eigenvalue weighted by Gasteiger charge is -2.14. The van der Waals surface area contributed by atoms with Gasteiger partial charge in [0.25, 0.3) is 0 Å². The number of aromatic nitrogens is 2. The van der Waals surface area contributed by atoms with Crippen LogP contribution in [0.5, 0.6) is 0 Å². The smallest absolute Gasteiger partial charge is 0.457 e. The van der Waals surface area contributed by atoms with Crippen LogP contribution in [0.15, 0.2) is 34.7 Å². The Labute approximate surface area is 168 Å². The lowest BCUT2D eigenvalue weighted by molar-refractivity contribution is -0.200. The largest absolute Gasteiger partial charge is 0.490 e. The molecule has 0 spiro atoms. The molecule has 29 heavy (non-hydrogen) atoms. The summed E-state index contributed by atoms with van der Waals surface area (Å²) in [6.45, 7) is 2.43. The second-order valence-electron chi connectivity index (χ2n) is 6.31. The van der Waals surface area contributed by atoms with Gasteiger partial charge in [0.15, 0.2) is 0 Å². The number of carbonyl (C=O) groups excluding carboxylic acids is 1. The summed E-state index contributed by atoms with van der Waals surface area (Å²) in [5.74, 6) is -2.37. The van der Waals surface area contributed by atoms with Gasteiger partial charge in [0.2, 0.25) is 10.0 Å². The number of aromatic amines is 1. The van der Waals surface area contributed by atoms with Gasteiger partial charge in [-0.1, -0.05) is 0 Å². The van der Waals surface area contributed by atoms with Crippen LogP contribution in [0.1, 0.15) is 12.6 Å². The van der Waals surface area contributed by atoms with Gasteiger partial charge in [0.1, 0.15) is 16.5 Å². The number of nitrogens with zero attached hydrogens (tertiary/aromatic N) is 1. The number of rotatable bonds is 6. The molecular formula is C17H16F3N3O4S2. The molecule has 12 heteroatoms. The van der Waals surface area contributed by atoms with Crippen LogP contribution >= 0.6 is 11.3 Å². The molecule has 0 aromatic carbocycles. The lowest BCUT2D eigenvalue weighted by Crippen LogP contribution is -2.38. The van der Waals surface area contributed by atoms with Crippen LogP contribution in [0.4, 0.5) is 13.2 Å². The Morgan fingerprint density at radius 1 is 1.34 bits per heavy atom. The summed E-state index contributed by atoms with van der Waals surface area (Å²) in [6.07, 6.45) is -3.52. The fourth-order valence-corrected chi connectivity index (χ4v) is 5.21. The van der Waals surface area contributed by atoms with Gasteiger partial charge in [0.05, 0.1) is 6.04 Å². The minimum atomic E-state index is -5.13. The molecule has 0 aliphatic heterocycles. The summed E-state index contributed by atoms with van der Waals surface area (Å²) in [5.41, 5.74) is 2.39. The van der Waals surface area contributed by atoms with E-state index >= 15 is 0 Å². The van der Waals surface area contributed by atoms with E-state index in [-0.39, 0.29) is 4.21 Å². The zero-order valence-electron chi connectivity index (χ0n) is 15.2. The van der Waals surface area contributed by atoms with Crippen molar-refractivity contribution in [2.24, 2.45) is 0 Å².